The van der Waals surface area contributed by atoms with Gasteiger partial charge in [0.25, 0.3) is 0 Å². The van der Waals surface area contributed by atoms with Crippen molar-refractivity contribution >= 4 is 5.57 Å². The summed E-state index contributed by atoms with van der Waals surface area (Å²) >= 11 is 0. The van der Waals surface area contributed by atoms with Gasteiger partial charge in [-0.3, -0.25) is 0 Å². The molecule has 0 saturated carbocycles. The van der Waals surface area contributed by atoms with Gasteiger partial charge in [-0.1, -0.05) is 12.5 Å². The van der Waals surface area contributed by atoms with E-state index in [0.29, 0.717) is 5.92 Å². The van der Waals surface area contributed by atoms with Crippen molar-refractivity contribution in [1.82, 2.24) is 0 Å². The van der Waals surface area contributed by atoms with Crippen LogP contribution < -0.4 is 0 Å². The van der Waals surface area contributed by atoms with Crippen molar-refractivity contribution in [3.05, 3.63) is 39.0 Å². The Kier molecular flexibility index (Phi) is 2.49. The predicted octanol–water partition coefficient (Wildman–Crippen LogP) is 4.83. The van der Waals surface area contributed by atoms with E-state index in [1.54, 1.807) is 11.1 Å². The van der Waals surface area contributed by atoms with Gasteiger partial charge in [-0.05, 0) is 80.5 Å². The molecule has 0 bridgehead atoms. The Bertz CT molecular complexity index is 502. The summed E-state index contributed by atoms with van der Waals surface area (Å²) in [5, 5.41) is 0. The van der Waals surface area contributed by atoms with Crippen LogP contribution in [0.5, 0.6) is 0 Å². The van der Waals surface area contributed by atoms with Crippen LogP contribution in [-0.2, 0) is 0 Å². The zero-order chi connectivity index (χ0) is 12.2. The van der Waals surface area contributed by atoms with Crippen molar-refractivity contribution in [2.45, 2.75) is 54.4 Å². The zero-order valence-electron chi connectivity index (χ0n) is 11.6. The number of benzene rings is 1. The molecule has 1 aliphatic rings. The van der Waals surface area contributed by atoms with Crippen LogP contribution >= 0.6 is 0 Å². The van der Waals surface area contributed by atoms with E-state index in [9.17, 15) is 0 Å². The lowest BCUT2D eigenvalue weighted by Gasteiger charge is -2.19. The van der Waals surface area contributed by atoms with Gasteiger partial charge in [0.05, 0.1) is 0 Å². The molecular weight excluding hydrogens is 192 g/mol. The van der Waals surface area contributed by atoms with E-state index in [2.05, 4.69) is 48.5 Å². The molecule has 0 aromatic heterocycles. The summed E-state index contributed by atoms with van der Waals surface area (Å²) in [6, 6.07) is 0. The Morgan fingerprint density at radius 2 is 1.19 bits per heavy atom. The van der Waals surface area contributed by atoms with Gasteiger partial charge in [-0.15, -0.1) is 0 Å². The molecule has 2 rings (SSSR count). The van der Waals surface area contributed by atoms with Crippen LogP contribution in [0, 0.1) is 27.7 Å². The van der Waals surface area contributed by atoms with Crippen LogP contribution in [0.2, 0.25) is 0 Å². The minimum atomic E-state index is 0.605. The van der Waals surface area contributed by atoms with Gasteiger partial charge in [-0.2, -0.15) is 0 Å². The van der Waals surface area contributed by atoms with Crippen molar-refractivity contribution in [2.75, 3.05) is 0 Å². The van der Waals surface area contributed by atoms with Gasteiger partial charge < -0.3 is 0 Å². The monoisotopic (exact) mass is 214 g/mol. The number of fused-ring (bicyclic) bond motifs is 1. The van der Waals surface area contributed by atoms with Crippen LogP contribution in [0.1, 0.15) is 60.1 Å². The second kappa shape index (κ2) is 3.48. The van der Waals surface area contributed by atoms with Gasteiger partial charge in [0.15, 0.2) is 0 Å². The molecule has 1 atom stereocenters. The Hall–Kier alpha value is -1.04. The molecule has 86 valence electrons. The third-order valence-electron chi connectivity index (χ3n) is 4.78. The molecule has 0 heterocycles. The van der Waals surface area contributed by atoms with E-state index < -0.39 is 0 Å². The van der Waals surface area contributed by atoms with Gasteiger partial charge >= 0.3 is 0 Å². The fraction of sp³-hybridized carbons (Fsp3) is 0.500. The number of allylic oxidation sites excluding steroid dienone is 2. The normalized spacial score (nSPS) is 19.3. The van der Waals surface area contributed by atoms with E-state index in [1.807, 2.05) is 0 Å². The summed E-state index contributed by atoms with van der Waals surface area (Å²) < 4.78 is 0. The summed E-state index contributed by atoms with van der Waals surface area (Å²) in [6.45, 7) is 16.0. The lowest BCUT2D eigenvalue weighted by atomic mass is 9.86. The van der Waals surface area contributed by atoms with Crippen LogP contribution in [0.25, 0.3) is 5.57 Å². The maximum Gasteiger partial charge on any atom is 0.00318 e. The molecule has 1 aromatic carbocycles. The molecule has 0 heteroatoms. The molecule has 16 heavy (non-hydrogen) atoms. The highest BCUT2D eigenvalue weighted by Crippen LogP contribution is 2.46. The third-order valence-corrected chi connectivity index (χ3v) is 4.78. The summed E-state index contributed by atoms with van der Waals surface area (Å²) in [6.07, 6.45) is 0. The second-order valence-electron chi connectivity index (χ2n) is 5.32. The van der Waals surface area contributed by atoms with Crippen molar-refractivity contribution in [2.24, 2.45) is 0 Å². The Balaban J connectivity index is 2.89. The molecule has 1 unspecified atom stereocenters. The number of hydrogen-bond acceptors (Lipinski definition) is 0. The standard InChI is InChI=1S/C16H22/c1-8-9(2)12(5)16-14(7)10(3)13(6)15(16)11(8)4/h13H,1-7H3. The van der Waals surface area contributed by atoms with Crippen molar-refractivity contribution in [1.29, 1.82) is 0 Å². The van der Waals surface area contributed by atoms with Crippen LogP contribution in [-0.4, -0.2) is 0 Å². The Morgan fingerprint density at radius 3 is 1.75 bits per heavy atom. The number of hydrogen-bond donors (Lipinski definition) is 0. The average Bonchev–Trinajstić information content (AvgIpc) is 2.48. The predicted molar refractivity (Wildman–Crippen MR) is 72.1 cm³/mol. The van der Waals surface area contributed by atoms with Crippen molar-refractivity contribution < 1.29 is 0 Å². The van der Waals surface area contributed by atoms with Crippen molar-refractivity contribution in [3.8, 4) is 0 Å². The first-order chi connectivity index (χ1) is 7.37. The van der Waals surface area contributed by atoms with Gasteiger partial charge in [0, 0.05) is 5.92 Å². The lowest BCUT2D eigenvalue weighted by molar-refractivity contribution is 0.901. The Morgan fingerprint density at radius 1 is 0.688 bits per heavy atom. The molecule has 0 radical (unpaired) electrons. The van der Waals surface area contributed by atoms with E-state index in [0.717, 1.165) is 0 Å². The third kappa shape index (κ3) is 1.22. The largest absolute Gasteiger partial charge is 0.0625 e. The van der Waals surface area contributed by atoms with Crippen LogP contribution in [0.15, 0.2) is 5.57 Å². The highest BCUT2D eigenvalue weighted by atomic mass is 14.3. The quantitative estimate of drug-likeness (QED) is 0.580. The van der Waals surface area contributed by atoms with Crippen molar-refractivity contribution in [3.63, 3.8) is 0 Å². The van der Waals surface area contributed by atoms with Gasteiger partial charge in [-0.25, -0.2) is 0 Å². The highest BCUT2D eigenvalue weighted by Gasteiger charge is 2.27. The molecular formula is C16H22. The molecule has 0 saturated heterocycles. The van der Waals surface area contributed by atoms with Crippen LogP contribution in [0.4, 0.5) is 0 Å². The molecule has 0 fully saturated rings. The average molecular weight is 214 g/mol. The minimum Gasteiger partial charge on any atom is -0.0625 e. The highest BCUT2D eigenvalue weighted by molar-refractivity contribution is 5.81. The van der Waals surface area contributed by atoms with E-state index >= 15 is 0 Å². The van der Waals surface area contributed by atoms with Crippen LogP contribution in [0.3, 0.4) is 0 Å². The summed E-state index contributed by atoms with van der Waals surface area (Å²) in [5.41, 5.74) is 12.1. The van der Waals surface area contributed by atoms with Gasteiger partial charge in [0.1, 0.15) is 0 Å². The Labute approximate surface area is 99.4 Å². The summed E-state index contributed by atoms with van der Waals surface area (Å²) in [7, 11) is 0. The minimum absolute atomic E-state index is 0.605. The zero-order valence-corrected chi connectivity index (χ0v) is 11.6. The topological polar surface area (TPSA) is 0 Å². The maximum absolute atomic E-state index is 2.34. The first-order valence-corrected chi connectivity index (χ1v) is 6.15. The van der Waals surface area contributed by atoms with E-state index in [4.69, 9.17) is 0 Å². The second-order valence-corrected chi connectivity index (χ2v) is 5.32. The number of rotatable bonds is 0. The molecule has 1 aromatic rings. The smallest absolute Gasteiger partial charge is 0.00318 e. The summed E-state index contributed by atoms with van der Waals surface area (Å²) in [4.78, 5) is 0. The fourth-order valence-corrected chi connectivity index (χ4v) is 3.10. The first-order valence-electron chi connectivity index (χ1n) is 6.15. The van der Waals surface area contributed by atoms with Gasteiger partial charge in [0.2, 0.25) is 0 Å². The molecule has 0 nitrogen and oxygen atoms in total. The molecule has 1 aliphatic carbocycles. The molecule has 0 N–H and O–H groups in total. The molecule has 0 spiro atoms. The summed E-state index contributed by atoms with van der Waals surface area (Å²) in [5.74, 6) is 0.605. The van der Waals surface area contributed by atoms with E-state index in [1.165, 1.54) is 33.4 Å². The first kappa shape index (κ1) is 11.4. The molecule has 0 aliphatic heterocycles. The lowest BCUT2D eigenvalue weighted by Crippen LogP contribution is -2.02. The SMILES string of the molecule is CC1=C(C)C(C)c2c(C)c(C)c(C)c(C)c21. The maximum atomic E-state index is 2.34. The fourth-order valence-electron chi connectivity index (χ4n) is 3.10. The molecule has 0 amide bonds. The van der Waals surface area contributed by atoms with E-state index in [-0.39, 0.29) is 0 Å².